The van der Waals surface area contributed by atoms with E-state index < -0.39 is 0 Å². The van der Waals surface area contributed by atoms with E-state index in [-0.39, 0.29) is 0 Å². The van der Waals surface area contributed by atoms with Gasteiger partial charge in [-0.2, -0.15) is 0 Å². The van der Waals surface area contributed by atoms with Crippen molar-refractivity contribution < 1.29 is 0 Å². The van der Waals surface area contributed by atoms with Gasteiger partial charge >= 0.3 is 0 Å². The molecule has 1 heterocycles. The van der Waals surface area contributed by atoms with E-state index in [9.17, 15) is 0 Å². The maximum atomic E-state index is 5.91. The van der Waals surface area contributed by atoms with Crippen LogP contribution in [-0.4, -0.2) is 0 Å². The van der Waals surface area contributed by atoms with Crippen molar-refractivity contribution in [2.45, 2.75) is 10.6 Å². The summed E-state index contributed by atoms with van der Waals surface area (Å²) in [6, 6.07) is 10.2. The molecule has 0 radical (unpaired) electrons. The van der Waals surface area contributed by atoms with Crippen molar-refractivity contribution in [2.75, 3.05) is 5.73 Å². The minimum Gasteiger partial charge on any atom is -0.398 e. The van der Waals surface area contributed by atoms with Gasteiger partial charge in [0.15, 0.2) is 0 Å². The second kappa shape index (κ2) is 5.58. The molecule has 2 aromatic rings. The number of thiophene rings is 1. The predicted molar refractivity (Wildman–Crippen MR) is 80.1 cm³/mol. The summed E-state index contributed by atoms with van der Waals surface area (Å²) < 4.78 is 2.24. The molecule has 2 N–H and O–H groups in total. The summed E-state index contributed by atoms with van der Waals surface area (Å²) in [5.74, 6) is 0.955. The van der Waals surface area contributed by atoms with Gasteiger partial charge in [0.1, 0.15) is 0 Å². The van der Waals surface area contributed by atoms with Crippen LogP contribution in [-0.2, 0) is 5.75 Å². The van der Waals surface area contributed by atoms with Crippen LogP contribution >= 0.6 is 55.0 Å². The van der Waals surface area contributed by atoms with E-state index >= 15 is 0 Å². The van der Waals surface area contributed by atoms with Crippen molar-refractivity contribution in [3.63, 3.8) is 0 Å². The molecule has 1 nitrogen and oxygen atoms in total. The molecule has 0 spiro atoms. The molecule has 84 valence electrons. The van der Waals surface area contributed by atoms with Gasteiger partial charge < -0.3 is 5.73 Å². The summed E-state index contributed by atoms with van der Waals surface area (Å²) >= 11 is 10.4. The Hall–Kier alpha value is 0.0300. The van der Waals surface area contributed by atoms with Gasteiger partial charge in [-0.3, -0.25) is 0 Å². The summed E-state index contributed by atoms with van der Waals surface area (Å²) in [5, 5.41) is 0. The Morgan fingerprint density at radius 2 is 2.00 bits per heavy atom. The van der Waals surface area contributed by atoms with Gasteiger partial charge in [-0.25, -0.2) is 0 Å². The average Bonchev–Trinajstić information content (AvgIpc) is 2.66. The topological polar surface area (TPSA) is 26.0 Å². The Morgan fingerprint density at radius 3 is 2.69 bits per heavy atom. The molecule has 0 amide bonds. The second-order valence-corrected chi connectivity index (χ2v) is 7.66. The summed E-state index contributed by atoms with van der Waals surface area (Å²) in [5.41, 5.74) is 6.75. The highest BCUT2D eigenvalue weighted by atomic mass is 79.9. The van der Waals surface area contributed by atoms with Crippen molar-refractivity contribution >= 4 is 60.6 Å². The van der Waals surface area contributed by atoms with Crippen LogP contribution in [0.2, 0.25) is 0 Å². The number of benzene rings is 1. The minimum absolute atomic E-state index is 0.837. The second-order valence-electron chi connectivity index (χ2n) is 3.18. The molecule has 0 unspecified atom stereocenters. The molecular weight excluding hydrogens is 370 g/mol. The average molecular weight is 379 g/mol. The lowest BCUT2D eigenvalue weighted by Crippen LogP contribution is -1.88. The number of nitrogens with two attached hydrogens (primary N) is 1. The molecule has 1 aromatic carbocycles. The van der Waals surface area contributed by atoms with Gasteiger partial charge in [-0.1, -0.05) is 15.9 Å². The first-order valence-electron chi connectivity index (χ1n) is 4.57. The molecule has 0 saturated carbocycles. The third kappa shape index (κ3) is 3.26. The molecule has 0 atom stereocenters. The van der Waals surface area contributed by atoms with Crippen molar-refractivity contribution in [3.05, 3.63) is 43.5 Å². The smallest absolute Gasteiger partial charge is 0.0701 e. The fourth-order valence-corrected chi connectivity index (χ4v) is 4.25. The van der Waals surface area contributed by atoms with E-state index in [2.05, 4.69) is 50.1 Å². The molecule has 0 bridgehead atoms. The first kappa shape index (κ1) is 12.5. The van der Waals surface area contributed by atoms with Crippen LogP contribution in [0.5, 0.6) is 0 Å². The number of thioether (sulfide) groups is 1. The molecule has 0 aliphatic rings. The zero-order valence-electron chi connectivity index (χ0n) is 8.24. The van der Waals surface area contributed by atoms with E-state index in [0.717, 1.165) is 20.8 Å². The van der Waals surface area contributed by atoms with E-state index in [1.165, 1.54) is 8.66 Å². The summed E-state index contributed by atoms with van der Waals surface area (Å²) in [4.78, 5) is 2.47. The highest BCUT2D eigenvalue weighted by Crippen LogP contribution is 2.33. The van der Waals surface area contributed by atoms with Crippen LogP contribution in [0.25, 0.3) is 0 Å². The number of hydrogen-bond donors (Lipinski definition) is 1. The standard InChI is InChI=1S/C11H9Br2NS2/c12-7-1-3-9(14)10(5-7)15-6-8-2-4-11(13)16-8/h1-5H,6,14H2. The third-order valence-electron chi connectivity index (χ3n) is 1.97. The first-order valence-corrected chi connectivity index (χ1v) is 7.96. The van der Waals surface area contributed by atoms with E-state index in [1.807, 2.05) is 12.1 Å². The number of rotatable bonds is 3. The predicted octanol–water partition coefficient (Wildman–Crippen LogP) is 5.15. The summed E-state index contributed by atoms with van der Waals surface area (Å²) in [6.07, 6.45) is 0. The van der Waals surface area contributed by atoms with E-state index in [1.54, 1.807) is 23.1 Å². The maximum absolute atomic E-state index is 5.91. The van der Waals surface area contributed by atoms with Crippen LogP contribution < -0.4 is 5.73 Å². The monoisotopic (exact) mass is 377 g/mol. The van der Waals surface area contributed by atoms with Gasteiger partial charge in [0.05, 0.1) is 3.79 Å². The molecule has 0 aliphatic heterocycles. The van der Waals surface area contributed by atoms with Crippen LogP contribution in [0, 0.1) is 0 Å². The largest absolute Gasteiger partial charge is 0.398 e. The van der Waals surface area contributed by atoms with E-state index in [0.29, 0.717) is 0 Å². The lowest BCUT2D eigenvalue weighted by Gasteiger charge is -2.04. The Balaban J connectivity index is 2.07. The molecule has 0 aliphatic carbocycles. The highest BCUT2D eigenvalue weighted by molar-refractivity contribution is 9.11. The molecule has 5 heteroatoms. The highest BCUT2D eigenvalue weighted by Gasteiger charge is 2.03. The van der Waals surface area contributed by atoms with Gasteiger partial charge in [0.2, 0.25) is 0 Å². The van der Waals surface area contributed by atoms with Crippen LogP contribution in [0.15, 0.2) is 43.5 Å². The Morgan fingerprint density at radius 1 is 1.19 bits per heavy atom. The molecule has 0 fully saturated rings. The Kier molecular flexibility index (Phi) is 4.35. The lowest BCUT2D eigenvalue weighted by atomic mass is 10.3. The van der Waals surface area contributed by atoms with Crippen LogP contribution in [0.1, 0.15) is 4.88 Å². The molecule has 1 aromatic heterocycles. The fraction of sp³-hybridized carbons (Fsp3) is 0.0909. The van der Waals surface area contributed by atoms with Gasteiger partial charge in [-0.05, 0) is 46.3 Å². The van der Waals surface area contributed by atoms with E-state index in [4.69, 9.17) is 5.73 Å². The van der Waals surface area contributed by atoms with Gasteiger partial charge in [0, 0.05) is 25.7 Å². The summed E-state index contributed by atoms with van der Waals surface area (Å²) in [7, 11) is 0. The first-order chi connectivity index (χ1) is 7.65. The maximum Gasteiger partial charge on any atom is 0.0701 e. The van der Waals surface area contributed by atoms with Crippen molar-refractivity contribution in [1.29, 1.82) is 0 Å². The SMILES string of the molecule is Nc1ccc(Br)cc1SCc1ccc(Br)s1. The fourth-order valence-electron chi connectivity index (χ4n) is 1.21. The Labute approximate surface area is 120 Å². The van der Waals surface area contributed by atoms with Gasteiger partial charge in [-0.15, -0.1) is 23.1 Å². The molecular formula is C11H9Br2NS2. The Bertz CT molecular complexity index is 496. The van der Waals surface area contributed by atoms with Crippen LogP contribution in [0.3, 0.4) is 0 Å². The quantitative estimate of drug-likeness (QED) is 0.590. The minimum atomic E-state index is 0.837. The van der Waals surface area contributed by atoms with Crippen molar-refractivity contribution in [3.8, 4) is 0 Å². The third-order valence-corrected chi connectivity index (χ3v) is 5.39. The number of hydrogen-bond acceptors (Lipinski definition) is 3. The van der Waals surface area contributed by atoms with Crippen LogP contribution in [0.4, 0.5) is 5.69 Å². The number of anilines is 1. The molecule has 2 rings (SSSR count). The lowest BCUT2D eigenvalue weighted by molar-refractivity contribution is 1.41. The van der Waals surface area contributed by atoms with Gasteiger partial charge in [0.25, 0.3) is 0 Å². The zero-order chi connectivity index (χ0) is 11.5. The zero-order valence-corrected chi connectivity index (χ0v) is 13.0. The number of nitrogen functional groups attached to an aromatic ring is 1. The molecule has 16 heavy (non-hydrogen) atoms. The number of halogens is 2. The molecule has 0 saturated heterocycles. The normalized spacial score (nSPS) is 10.6. The summed E-state index contributed by atoms with van der Waals surface area (Å²) in [6.45, 7) is 0. The van der Waals surface area contributed by atoms with Crippen molar-refractivity contribution in [2.24, 2.45) is 0 Å². The van der Waals surface area contributed by atoms with Crippen molar-refractivity contribution in [1.82, 2.24) is 0 Å².